The van der Waals surface area contributed by atoms with Crippen molar-refractivity contribution in [3.63, 3.8) is 0 Å². The second-order valence-electron chi connectivity index (χ2n) is 6.09. The van der Waals surface area contributed by atoms with Crippen LogP contribution in [0.15, 0.2) is 18.2 Å². The number of urea groups is 1. The lowest BCUT2D eigenvalue weighted by atomic mass is 9.96. The second kappa shape index (κ2) is 7.29. The monoisotopic (exact) mass is 346 g/mol. The second-order valence-corrected chi connectivity index (χ2v) is 6.09. The van der Waals surface area contributed by atoms with Gasteiger partial charge in [-0.2, -0.15) is 13.2 Å². The molecule has 1 aromatic rings. The summed E-state index contributed by atoms with van der Waals surface area (Å²) in [7, 11) is 0. The molecule has 0 spiro atoms. The van der Waals surface area contributed by atoms with Crippen molar-refractivity contribution >= 4 is 11.7 Å². The zero-order chi connectivity index (χ0) is 17.9. The first-order chi connectivity index (χ1) is 11.2. The SMILES string of the molecule is Cc1cc(NC(=O)N2CCC(C)C(O)C2)ccc1OCC(F)(F)F. The van der Waals surface area contributed by atoms with Crippen molar-refractivity contribution in [3.8, 4) is 5.75 Å². The largest absolute Gasteiger partial charge is 0.484 e. The lowest BCUT2D eigenvalue weighted by Crippen LogP contribution is -2.47. The number of likely N-dealkylation sites (tertiary alicyclic amines) is 1. The van der Waals surface area contributed by atoms with Crippen LogP contribution in [0.1, 0.15) is 18.9 Å². The van der Waals surface area contributed by atoms with Gasteiger partial charge < -0.3 is 20.1 Å². The number of alkyl halides is 3. The number of carbonyl (C=O) groups is 1. The van der Waals surface area contributed by atoms with Crippen molar-refractivity contribution in [1.29, 1.82) is 0 Å². The van der Waals surface area contributed by atoms with Crippen LogP contribution in [0.3, 0.4) is 0 Å². The molecule has 0 bridgehead atoms. The minimum Gasteiger partial charge on any atom is -0.484 e. The third-order valence-corrected chi connectivity index (χ3v) is 4.02. The molecule has 2 rings (SSSR count). The lowest BCUT2D eigenvalue weighted by Gasteiger charge is -2.34. The first kappa shape index (κ1) is 18.4. The highest BCUT2D eigenvalue weighted by Crippen LogP contribution is 2.25. The average molecular weight is 346 g/mol. The smallest absolute Gasteiger partial charge is 0.422 e. The molecule has 1 aliphatic heterocycles. The Morgan fingerprint density at radius 2 is 2.17 bits per heavy atom. The number of piperidine rings is 1. The fourth-order valence-electron chi connectivity index (χ4n) is 2.48. The summed E-state index contributed by atoms with van der Waals surface area (Å²) in [5.74, 6) is 0.272. The molecule has 1 aromatic carbocycles. The Morgan fingerprint density at radius 3 is 2.75 bits per heavy atom. The number of aliphatic hydroxyl groups excluding tert-OH is 1. The van der Waals surface area contributed by atoms with Gasteiger partial charge in [0.1, 0.15) is 5.75 Å². The molecule has 1 aliphatic rings. The molecule has 0 aliphatic carbocycles. The van der Waals surface area contributed by atoms with Crippen LogP contribution in [0.2, 0.25) is 0 Å². The Balaban J connectivity index is 1.95. The first-order valence-corrected chi connectivity index (χ1v) is 7.70. The third kappa shape index (κ3) is 5.02. The Bertz CT molecular complexity index is 592. The van der Waals surface area contributed by atoms with Crippen molar-refractivity contribution < 1.29 is 27.8 Å². The molecule has 2 atom stereocenters. The van der Waals surface area contributed by atoms with Gasteiger partial charge in [-0.3, -0.25) is 0 Å². The Kier molecular flexibility index (Phi) is 5.58. The molecule has 2 unspecified atom stereocenters. The number of ether oxygens (including phenoxy) is 1. The van der Waals surface area contributed by atoms with E-state index in [1.807, 2.05) is 6.92 Å². The van der Waals surface area contributed by atoms with Crippen molar-refractivity contribution in [3.05, 3.63) is 23.8 Å². The van der Waals surface area contributed by atoms with Gasteiger partial charge in [-0.25, -0.2) is 4.79 Å². The number of halogens is 3. The summed E-state index contributed by atoms with van der Waals surface area (Å²) in [4.78, 5) is 13.7. The van der Waals surface area contributed by atoms with Crippen molar-refractivity contribution in [1.82, 2.24) is 4.90 Å². The lowest BCUT2D eigenvalue weighted by molar-refractivity contribution is -0.153. The molecule has 5 nitrogen and oxygen atoms in total. The van der Waals surface area contributed by atoms with Gasteiger partial charge in [-0.05, 0) is 43.0 Å². The highest BCUT2D eigenvalue weighted by atomic mass is 19.4. The third-order valence-electron chi connectivity index (χ3n) is 4.02. The van der Waals surface area contributed by atoms with Crippen LogP contribution in [-0.4, -0.2) is 48.0 Å². The standard InChI is InChI=1S/C16H21F3N2O3/c1-10-5-6-21(8-13(10)22)15(23)20-12-3-4-14(11(2)7-12)24-9-16(17,18)19/h3-4,7,10,13,22H,5-6,8-9H2,1-2H3,(H,20,23). The van der Waals surface area contributed by atoms with Gasteiger partial charge in [-0.1, -0.05) is 6.92 Å². The van der Waals surface area contributed by atoms with E-state index in [1.54, 1.807) is 13.0 Å². The van der Waals surface area contributed by atoms with E-state index < -0.39 is 18.9 Å². The summed E-state index contributed by atoms with van der Waals surface area (Å²) in [6.07, 6.45) is -4.23. The molecular weight excluding hydrogens is 325 g/mol. The van der Waals surface area contributed by atoms with Crippen LogP contribution >= 0.6 is 0 Å². The Labute approximate surface area is 138 Å². The number of nitrogens with zero attached hydrogens (tertiary/aromatic N) is 1. The molecule has 24 heavy (non-hydrogen) atoms. The van der Waals surface area contributed by atoms with Crippen molar-refractivity contribution in [2.45, 2.75) is 32.5 Å². The number of aliphatic hydroxyl groups is 1. The number of β-amino-alcohol motifs (C(OH)–C–C–N with tert-alkyl or cyclic N) is 1. The molecule has 0 aromatic heterocycles. The summed E-state index contributed by atoms with van der Waals surface area (Å²) >= 11 is 0. The summed E-state index contributed by atoms with van der Waals surface area (Å²) in [5, 5.41) is 12.5. The van der Waals surface area contributed by atoms with Crippen molar-refractivity contribution in [2.24, 2.45) is 5.92 Å². The van der Waals surface area contributed by atoms with Crippen LogP contribution < -0.4 is 10.1 Å². The number of anilines is 1. The Morgan fingerprint density at radius 1 is 1.46 bits per heavy atom. The van der Waals surface area contributed by atoms with E-state index in [1.165, 1.54) is 17.0 Å². The van der Waals surface area contributed by atoms with Crippen molar-refractivity contribution in [2.75, 3.05) is 25.0 Å². The van der Waals surface area contributed by atoms with Crippen LogP contribution in [0.4, 0.5) is 23.7 Å². The van der Waals surface area contributed by atoms with Gasteiger partial charge in [-0.15, -0.1) is 0 Å². The number of hydrogen-bond donors (Lipinski definition) is 2. The average Bonchev–Trinajstić information content (AvgIpc) is 2.48. The summed E-state index contributed by atoms with van der Waals surface area (Å²) in [6, 6.07) is 4.08. The van der Waals surface area contributed by atoms with E-state index in [4.69, 9.17) is 4.74 Å². The quantitative estimate of drug-likeness (QED) is 0.884. The van der Waals surface area contributed by atoms with E-state index in [-0.39, 0.29) is 24.2 Å². The molecule has 8 heteroatoms. The van der Waals surface area contributed by atoms with E-state index in [0.29, 0.717) is 17.8 Å². The predicted octanol–water partition coefficient (Wildman–Crippen LogP) is 3.17. The van der Waals surface area contributed by atoms with E-state index >= 15 is 0 Å². The normalized spacial score (nSPS) is 21.5. The highest BCUT2D eigenvalue weighted by Gasteiger charge is 2.29. The number of rotatable bonds is 3. The van der Waals surface area contributed by atoms with Gasteiger partial charge in [0.15, 0.2) is 6.61 Å². The van der Waals surface area contributed by atoms with Crippen LogP contribution in [0.5, 0.6) is 5.75 Å². The highest BCUT2D eigenvalue weighted by molar-refractivity contribution is 5.89. The predicted molar refractivity (Wildman–Crippen MR) is 83.1 cm³/mol. The zero-order valence-corrected chi connectivity index (χ0v) is 13.6. The van der Waals surface area contributed by atoms with Gasteiger partial charge in [0.05, 0.1) is 6.10 Å². The zero-order valence-electron chi connectivity index (χ0n) is 13.6. The summed E-state index contributed by atoms with van der Waals surface area (Å²) in [6.45, 7) is 2.99. The van der Waals surface area contributed by atoms with Gasteiger partial charge in [0.2, 0.25) is 0 Å². The van der Waals surface area contributed by atoms with Gasteiger partial charge >= 0.3 is 12.2 Å². The van der Waals surface area contributed by atoms with Crippen LogP contribution in [0, 0.1) is 12.8 Å². The molecule has 2 amide bonds. The number of amides is 2. The molecule has 134 valence electrons. The number of aryl methyl sites for hydroxylation is 1. The molecular formula is C16H21F3N2O3. The minimum atomic E-state index is -4.40. The van der Waals surface area contributed by atoms with Gasteiger partial charge in [0, 0.05) is 18.8 Å². The number of benzene rings is 1. The van der Waals surface area contributed by atoms with Crippen LogP contribution in [-0.2, 0) is 0 Å². The number of carbonyl (C=O) groups excluding carboxylic acids is 1. The Hall–Kier alpha value is -1.96. The number of hydrogen-bond acceptors (Lipinski definition) is 3. The van der Waals surface area contributed by atoms with Gasteiger partial charge in [0.25, 0.3) is 0 Å². The molecule has 1 saturated heterocycles. The topological polar surface area (TPSA) is 61.8 Å². The van der Waals surface area contributed by atoms with Crippen LogP contribution in [0.25, 0.3) is 0 Å². The molecule has 2 N–H and O–H groups in total. The molecule has 1 heterocycles. The van der Waals surface area contributed by atoms with E-state index in [9.17, 15) is 23.1 Å². The van der Waals surface area contributed by atoms with E-state index in [2.05, 4.69) is 5.32 Å². The maximum Gasteiger partial charge on any atom is 0.422 e. The maximum absolute atomic E-state index is 12.2. The molecule has 0 saturated carbocycles. The summed E-state index contributed by atoms with van der Waals surface area (Å²) in [5.41, 5.74) is 0.953. The fourth-order valence-corrected chi connectivity index (χ4v) is 2.48. The maximum atomic E-state index is 12.2. The number of nitrogens with one attached hydrogen (secondary N) is 1. The molecule has 0 radical (unpaired) electrons. The fraction of sp³-hybridized carbons (Fsp3) is 0.562. The minimum absolute atomic E-state index is 0.118. The summed E-state index contributed by atoms with van der Waals surface area (Å²) < 4.78 is 41.3. The molecule has 1 fully saturated rings. The first-order valence-electron chi connectivity index (χ1n) is 7.70. The van der Waals surface area contributed by atoms with E-state index in [0.717, 1.165) is 6.42 Å².